The number of nitrogens with zero attached hydrogens (tertiary/aromatic N) is 2. The van der Waals surface area contributed by atoms with Crippen LogP contribution in [0.3, 0.4) is 0 Å². The van der Waals surface area contributed by atoms with Crippen LogP contribution in [-0.4, -0.2) is 67.3 Å². The standard InChI is InChI=1S/C22H24N2O9/c1-12(25)29-11-18-19(30-13(2)26)20(31-14(3)27)21(32-15(4)28)22(33-18)24-10-17-7-5-16(9-23)6-8-17/h5-8,10,18-22H,11H2,1-4H3/t18-,19+,20+,21-,22-/m1/s1. The van der Waals surface area contributed by atoms with Gasteiger partial charge in [-0.3, -0.25) is 24.2 Å². The highest BCUT2D eigenvalue weighted by molar-refractivity contribution is 5.80. The average molecular weight is 460 g/mol. The van der Waals surface area contributed by atoms with Crippen molar-refractivity contribution in [1.82, 2.24) is 0 Å². The van der Waals surface area contributed by atoms with Crippen molar-refractivity contribution in [2.45, 2.75) is 58.3 Å². The lowest BCUT2D eigenvalue weighted by Gasteiger charge is -2.43. The number of carbonyl (C=O) groups excluding carboxylic acids is 4. The average Bonchev–Trinajstić information content (AvgIpc) is 2.73. The zero-order chi connectivity index (χ0) is 24.5. The SMILES string of the molecule is CC(=O)OC[C@H]1O[C@@H](N=Cc2ccc(C#N)cc2)[C@H](OC(C)=O)[C@@H](OC(C)=O)[C@H]1OC(C)=O. The third-order valence-corrected chi connectivity index (χ3v) is 4.38. The fraction of sp³-hybridized carbons (Fsp3) is 0.455. The number of hydrogen-bond donors (Lipinski definition) is 0. The highest BCUT2D eigenvalue weighted by Gasteiger charge is 2.52. The van der Waals surface area contributed by atoms with Crippen molar-refractivity contribution < 1.29 is 42.9 Å². The van der Waals surface area contributed by atoms with E-state index >= 15 is 0 Å². The predicted octanol–water partition coefficient (Wildman–Crippen LogP) is 1.06. The Morgan fingerprint density at radius 2 is 1.45 bits per heavy atom. The van der Waals surface area contributed by atoms with Crippen LogP contribution in [0.5, 0.6) is 0 Å². The molecule has 0 spiro atoms. The topological polar surface area (TPSA) is 151 Å². The molecule has 0 aromatic heterocycles. The van der Waals surface area contributed by atoms with E-state index in [4.69, 9.17) is 28.9 Å². The summed E-state index contributed by atoms with van der Waals surface area (Å²) in [7, 11) is 0. The third-order valence-electron chi connectivity index (χ3n) is 4.38. The van der Waals surface area contributed by atoms with Gasteiger partial charge in [0.2, 0.25) is 0 Å². The van der Waals surface area contributed by atoms with Gasteiger partial charge in [-0.05, 0) is 17.7 Å². The molecule has 1 fully saturated rings. The summed E-state index contributed by atoms with van der Waals surface area (Å²) in [6.45, 7) is 4.29. The van der Waals surface area contributed by atoms with Crippen LogP contribution in [0.2, 0.25) is 0 Å². The van der Waals surface area contributed by atoms with E-state index < -0.39 is 54.5 Å². The van der Waals surface area contributed by atoms with Crippen molar-refractivity contribution >= 4 is 30.1 Å². The molecule has 1 aliphatic heterocycles. The van der Waals surface area contributed by atoms with Gasteiger partial charge in [0.25, 0.3) is 0 Å². The number of nitriles is 1. The molecule has 5 atom stereocenters. The molecule has 11 nitrogen and oxygen atoms in total. The summed E-state index contributed by atoms with van der Waals surface area (Å²) in [5.74, 6) is -2.75. The molecule has 1 aromatic carbocycles. The second kappa shape index (κ2) is 11.7. The third kappa shape index (κ3) is 7.69. The van der Waals surface area contributed by atoms with Crippen molar-refractivity contribution in [2.24, 2.45) is 4.99 Å². The van der Waals surface area contributed by atoms with Gasteiger partial charge in [-0.1, -0.05) is 12.1 Å². The molecule has 0 aliphatic carbocycles. The zero-order valence-corrected chi connectivity index (χ0v) is 18.5. The van der Waals surface area contributed by atoms with Gasteiger partial charge < -0.3 is 23.7 Å². The highest BCUT2D eigenvalue weighted by atomic mass is 16.7. The normalized spacial score (nSPS) is 24.4. The number of benzene rings is 1. The van der Waals surface area contributed by atoms with E-state index in [1.54, 1.807) is 24.3 Å². The Bertz CT molecular complexity index is 952. The lowest BCUT2D eigenvalue weighted by atomic mass is 9.97. The lowest BCUT2D eigenvalue weighted by molar-refractivity contribution is -0.250. The van der Waals surface area contributed by atoms with Gasteiger partial charge in [-0.2, -0.15) is 5.26 Å². The molecular formula is C22H24N2O9. The summed E-state index contributed by atoms with van der Waals surface area (Å²) in [5, 5.41) is 8.92. The van der Waals surface area contributed by atoms with Crippen LogP contribution in [-0.2, 0) is 42.9 Å². The van der Waals surface area contributed by atoms with E-state index in [2.05, 4.69) is 4.99 Å². The maximum Gasteiger partial charge on any atom is 0.303 e. The van der Waals surface area contributed by atoms with Crippen molar-refractivity contribution in [1.29, 1.82) is 5.26 Å². The zero-order valence-electron chi connectivity index (χ0n) is 18.5. The molecule has 1 heterocycles. The summed E-state index contributed by atoms with van der Waals surface area (Å²) in [5.41, 5.74) is 1.07. The molecule has 0 bridgehead atoms. The van der Waals surface area contributed by atoms with Crippen molar-refractivity contribution in [3.05, 3.63) is 35.4 Å². The van der Waals surface area contributed by atoms with Gasteiger partial charge in [0.05, 0.1) is 11.6 Å². The van der Waals surface area contributed by atoms with E-state index in [0.29, 0.717) is 11.1 Å². The van der Waals surface area contributed by atoms with Gasteiger partial charge in [-0.25, -0.2) is 0 Å². The quantitative estimate of drug-likeness (QED) is 0.328. The monoisotopic (exact) mass is 460 g/mol. The van der Waals surface area contributed by atoms with Crippen LogP contribution < -0.4 is 0 Å². The Morgan fingerprint density at radius 3 is 1.97 bits per heavy atom. The maximum absolute atomic E-state index is 11.8. The van der Waals surface area contributed by atoms with E-state index in [1.807, 2.05) is 6.07 Å². The molecule has 33 heavy (non-hydrogen) atoms. The Balaban J connectivity index is 2.44. The van der Waals surface area contributed by atoms with Crippen LogP contribution in [0.1, 0.15) is 38.8 Å². The van der Waals surface area contributed by atoms with E-state index in [1.165, 1.54) is 13.1 Å². The minimum absolute atomic E-state index is 0.333. The fourth-order valence-electron chi connectivity index (χ4n) is 3.13. The van der Waals surface area contributed by atoms with Gasteiger partial charge in [0, 0.05) is 33.9 Å². The second-order valence-electron chi connectivity index (χ2n) is 7.10. The largest absolute Gasteiger partial charge is 0.463 e. The first-order valence-electron chi connectivity index (χ1n) is 9.94. The summed E-state index contributed by atoms with van der Waals surface area (Å²) in [6.07, 6.45) is -4.64. The van der Waals surface area contributed by atoms with Crippen molar-refractivity contribution in [3.63, 3.8) is 0 Å². The first kappa shape index (κ1) is 25.5. The molecule has 1 aliphatic rings. The molecular weight excluding hydrogens is 436 g/mol. The van der Waals surface area contributed by atoms with Gasteiger partial charge >= 0.3 is 23.9 Å². The van der Waals surface area contributed by atoms with Crippen LogP contribution in [0.15, 0.2) is 29.3 Å². The van der Waals surface area contributed by atoms with Crippen LogP contribution in [0.4, 0.5) is 0 Å². The molecule has 2 rings (SSSR count). The van der Waals surface area contributed by atoms with E-state index in [9.17, 15) is 19.2 Å². The highest BCUT2D eigenvalue weighted by Crippen LogP contribution is 2.30. The summed E-state index contributed by atoms with van der Waals surface area (Å²) in [6, 6.07) is 8.48. The molecule has 176 valence electrons. The number of carbonyl (C=O) groups is 4. The van der Waals surface area contributed by atoms with Crippen molar-refractivity contribution in [2.75, 3.05) is 6.61 Å². The molecule has 0 amide bonds. The minimum atomic E-state index is -1.28. The Hall–Kier alpha value is -3.78. The summed E-state index contributed by atoms with van der Waals surface area (Å²) < 4.78 is 26.8. The smallest absolute Gasteiger partial charge is 0.303 e. The molecule has 11 heteroatoms. The second-order valence-corrected chi connectivity index (χ2v) is 7.10. The van der Waals surface area contributed by atoms with Crippen LogP contribution in [0.25, 0.3) is 0 Å². The molecule has 0 saturated carbocycles. The number of ether oxygens (including phenoxy) is 5. The molecule has 1 aromatic rings. The number of hydrogen-bond acceptors (Lipinski definition) is 11. The number of aliphatic imine (C=N–C) groups is 1. The molecule has 0 N–H and O–H groups in total. The maximum atomic E-state index is 11.8. The summed E-state index contributed by atoms with van der Waals surface area (Å²) in [4.78, 5) is 50.9. The number of rotatable bonds is 7. The Labute approximate surface area is 190 Å². The lowest BCUT2D eigenvalue weighted by Crippen LogP contribution is -2.62. The van der Waals surface area contributed by atoms with Crippen molar-refractivity contribution in [3.8, 4) is 6.07 Å². The summed E-state index contributed by atoms with van der Waals surface area (Å²) >= 11 is 0. The van der Waals surface area contributed by atoms with Crippen LogP contribution >= 0.6 is 0 Å². The molecule has 0 unspecified atom stereocenters. The van der Waals surface area contributed by atoms with E-state index in [-0.39, 0.29) is 6.61 Å². The first-order chi connectivity index (χ1) is 15.6. The van der Waals surface area contributed by atoms with Gasteiger partial charge in [-0.15, -0.1) is 0 Å². The van der Waals surface area contributed by atoms with Crippen LogP contribution in [0, 0.1) is 11.3 Å². The Kier molecular flexibility index (Phi) is 9.06. The molecule has 0 radical (unpaired) electrons. The number of esters is 4. The minimum Gasteiger partial charge on any atom is -0.463 e. The first-order valence-corrected chi connectivity index (χ1v) is 9.94. The van der Waals surface area contributed by atoms with E-state index in [0.717, 1.165) is 20.8 Å². The fourth-order valence-corrected chi connectivity index (χ4v) is 3.13. The van der Waals surface area contributed by atoms with Gasteiger partial charge in [0.15, 0.2) is 24.5 Å². The Morgan fingerprint density at radius 1 is 0.909 bits per heavy atom. The van der Waals surface area contributed by atoms with Gasteiger partial charge in [0.1, 0.15) is 12.7 Å². The predicted molar refractivity (Wildman–Crippen MR) is 111 cm³/mol. The molecule has 1 saturated heterocycles.